The van der Waals surface area contributed by atoms with Gasteiger partial charge in [-0.1, -0.05) is 25.1 Å². The number of carboxylic acid groups (broad SMARTS) is 1. The van der Waals surface area contributed by atoms with Crippen molar-refractivity contribution in [3.63, 3.8) is 0 Å². The van der Waals surface area contributed by atoms with Crippen LogP contribution in [0.3, 0.4) is 0 Å². The Bertz CT molecular complexity index is 742. The van der Waals surface area contributed by atoms with Crippen molar-refractivity contribution in [2.75, 3.05) is 0 Å². The zero-order chi connectivity index (χ0) is 16.8. The van der Waals surface area contributed by atoms with Crippen LogP contribution in [0.15, 0.2) is 36.5 Å². The Morgan fingerprint density at radius 2 is 2.00 bits per heavy atom. The van der Waals surface area contributed by atoms with Gasteiger partial charge < -0.3 is 10.4 Å². The first kappa shape index (κ1) is 16.6. The van der Waals surface area contributed by atoms with Gasteiger partial charge in [0.2, 0.25) is 0 Å². The molecule has 23 heavy (non-hydrogen) atoms. The number of hydrogen-bond donors (Lipinski definition) is 2. The fourth-order valence-electron chi connectivity index (χ4n) is 2.18. The third kappa shape index (κ3) is 4.35. The number of carbonyl (C=O) groups excluding carboxylic acids is 2. The number of hydrogen-bond acceptors (Lipinski definition) is 4. The third-order valence-electron chi connectivity index (χ3n) is 3.56. The Morgan fingerprint density at radius 1 is 1.26 bits per heavy atom. The molecule has 6 nitrogen and oxygen atoms in total. The number of pyridine rings is 1. The van der Waals surface area contributed by atoms with E-state index in [1.54, 1.807) is 13.0 Å². The van der Waals surface area contributed by atoms with Crippen molar-refractivity contribution in [1.29, 1.82) is 0 Å². The van der Waals surface area contributed by atoms with E-state index in [1.165, 1.54) is 6.20 Å². The van der Waals surface area contributed by atoms with E-state index in [0.717, 1.165) is 10.9 Å². The first-order valence-corrected chi connectivity index (χ1v) is 7.41. The molecule has 0 spiro atoms. The number of nitrogens with one attached hydrogen (secondary N) is 1. The molecule has 0 aliphatic carbocycles. The first-order chi connectivity index (χ1) is 11.0. The molecule has 0 aliphatic rings. The van der Waals surface area contributed by atoms with Crippen LogP contribution in [0.4, 0.5) is 0 Å². The summed E-state index contributed by atoms with van der Waals surface area (Å²) in [7, 11) is 0. The molecule has 2 aromatic rings. The van der Waals surface area contributed by atoms with Gasteiger partial charge in [0, 0.05) is 24.4 Å². The van der Waals surface area contributed by atoms with Crippen LogP contribution in [0, 0.1) is 0 Å². The highest BCUT2D eigenvalue weighted by Gasteiger charge is 2.21. The van der Waals surface area contributed by atoms with E-state index in [4.69, 9.17) is 0 Å². The average molecular weight is 314 g/mol. The van der Waals surface area contributed by atoms with Crippen LogP contribution in [0.1, 0.15) is 36.5 Å². The van der Waals surface area contributed by atoms with Crippen molar-refractivity contribution in [2.45, 2.75) is 32.2 Å². The molecule has 0 saturated carbocycles. The predicted molar refractivity (Wildman–Crippen MR) is 85.2 cm³/mol. The van der Waals surface area contributed by atoms with E-state index < -0.39 is 17.9 Å². The smallest absolute Gasteiger partial charge is 0.326 e. The highest BCUT2D eigenvalue weighted by atomic mass is 16.4. The van der Waals surface area contributed by atoms with Gasteiger partial charge in [-0.3, -0.25) is 14.6 Å². The molecule has 120 valence electrons. The summed E-state index contributed by atoms with van der Waals surface area (Å²) in [6.07, 6.45) is 1.97. The quantitative estimate of drug-likeness (QED) is 0.816. The maximum Gasteiger partial charge on any atom is 0.326 e. The summed E-state index contributed by atoms with van der Waals surface area (Å²) in [5.41, 5.74) is 1.05. The van der Waals surface area contributed by atoms with Crippen LogP contribution in [0.5, 0.6) is 0 Å². The van der Waals surface area contributed by atoms with E-state index in [2.05, 4.69) is 10.3 Å². The number of para-hydroxylation sites is 1. The summed E-state index contributed by atoms with van der Waals surface area (Å²) < 4.78 is 0. The normalized spacial score (nSPS) is 11.9. The molecule has 0 unspecified atom stereocenters. The van der Waals surface area contributed by atoms with Gasteiger partial charge in [-0.2, -0.15) is 0 Å². The van der Waals surface area contributed by atoms with Crippen molar-refractivity contribution in [1.82, 2.24) is 10.3 Å². The molecule has 0 aliphatic heterocycles. The van der Waals surface area contributed by atoms with Gasteiger partial charge in [0.15, 0.2) is 0 Å². The van der Waals surface area contributed by atoms with Gasteiger partial charge in [0.25, 0.3) is 5.91 Å². The lowest BCUT2D eigenvalue weighted by Gasteiger charge is -2.14. The zero-order valence-corrected chi connectivity index (χ0v) is 12.8. The summed E-state index contributed by atoms with van der Waals surface area (Å²) in [6.45, 7) is 1.72. The second-order valence-electron chi connectivity index (χ2n) is 5.21. The summed E-state index contributed by atoms with van der Waals surface area (Å²) in [4.78, 5) is 39.0. The topological polar surface area (TPSA) is 96.4 Å². The lowest BCUT2D eigenvalue weighted by molar-refractivity contribution is -0.139. The van der Waals surface area contributed by atoms with E-state index >= 15 is 0 Å². The molecule has 0 saturated heterocycles. The molecule has 2 rings (SSSR count). The van der Waals surface area contributed by atoms with Crippen molar-refractivity contribution in [3.05, 3.63) is 42.1 Å². The highest BCUT2D eigenvalue weighted by molar-refractivity contribution is 5.99. The van der Waals surface area contributed by atoms with Crippen LogP contribution in [0.2, 0.25) is 0 Å². The number of Topliss-reactive ketones (excluding diaryl/α,β-unsaturated/α-hetero) is 1. The molecule has 6 heteroatoms. The van der Waals surface area contributed by atoms with Gasteiger partial charge in [-0.25, -0.2) is 4.79 Å². The number of aromatic nitrogens is 1. The summed E-state index contributed by atoms with van der Waals surface area (Å²) in [6, 6.07) is 7.90. The molecule has 2 N–H and O–H groups in total. The fourth-order valence-corrected chi connectivity index (χ4v) is 2.18. The fraction of sp³-hybridized carbons (Fsp3) is 0.294. The Balaban J connectivity index is 2.10. The summed E-state index contributed by atoms with van der Waals surface area (Å²) in [5.74, 6) is -1.70. The molecule has 1 aromatic carbocycles. The minimum atomic E-state index is -1.16. The summed E-state index contributed by atoms with van der Waals surface area (Å²) in [5, 5.41) is 12.4. The molecule has 1 heterocycles. The lowest BCUT2D eigenvalue weighted by atomic mass is 10.1. The van der Waals surface area contributed by atoms with Crippen molar-refractivity contribution < 1.29 is 19.5 Å². The number of carbonyl (C=O) groups is 3. The van der Waals surface area contributed by atoms with Crippen molar-refractivity contribution in [2.24, 2.45) is 0 Å². The number of fused-ring (bicyclic) bond motifs is 1. The second kappa shape index (κ2) is 7.49. The van der Waals surface area contributed by atoms with E-state index in [-0.39, 0.29) is 24.2 Å². The Hall–Kier alpha value is -2.76. The van der Waals surface area contributed by atoms with Gasteiger partial charge >= 0.3 is 5.97 Å². The van der Waals surface area contributed by atoms with E-state index in [0.29, 0.717) is 6.42 Å². The Labute approximate surface area is 133 Å². The molecule has 1 atom stereocenters. The predicted octanol–water partition coefficient (Wildman–Crippen LogP) is 2.18. The number of rotatable bonds is 7. The maximum atomic E-state index is 12.2. The molecular formula is C17H18N2O4. The van der Waals surface area contributed by atoms with E-state index in [1.807, 2.05) is 24.3 Å². The van der Waals surface area contributed by atoms with Crippen LogP contribution in [0.25, 0.3) is 10.9 Å². The number of aliphatic carboxylic acids is 1. The molecule has 0 fully saturated rings. The average Bonchev–Trinajstić information content (AvgIpc) is 2.57. The minimum absolute atomic E-state index is 0.0297. The van der Waals surface area contributed by atoms with Crippen LogP contribution in [-0.4, -0.2) is 33.8 Å². The molecular weight excluding hydrogens is 296 g/mol. The number of ketones is 1. The van der Waals surface area contributed by atoms with Crippen molar-refractivity contribution >= 4 is 28.6 Å². The first-order valence-electron chi connectivity index (χ1n) is 7.41. The Kier molecular flexibility index (Phi) is 5.41. The Morgan fingerprint density at radius 3 is 2.70 bits per heavy atom. The van der Waals surface area contributed by atoms with Crippen LogP contribution >= 0.6 is 0 Å². The second-order valence-corrected chi connectivity index (χ2v) is 5.21. The maximum absolute atomic E-state index is 12.2. The van der Waals surface area contributed by atoms with Gasteiger partial charge in [0.1, 0.15) is 11.8 Å². The largest absolute Gasteiger partial charge is 0.480 e. The monoisotopic (exact) mass is 314 g/mol. The highest BCUT2D eigenvalue weighted by Crippen LogP contribution is 2.13. The van der Waals surface area contributed by atoms with Crippen LogP contribution < -0.4 is 5.32 Å². The van der Waals surface area contributed by atoms with Gasteiger partial charge in [0.05, 0.1) is 11.1 Å². The number of benzene rings is 1. The van der Waals surface area contributed by atoms with E-state index in [9.17, 15) is 19.5 Å². The van der Waals surface area contributed by atoms with Crippen LogP contribution in [-0.2, 0) is 9.59 Å². The summed E-state index contributed by atoms with van der Waals surface area (Å²) >= 11 is 0. The molecule has 0 radical (unpaired) electrons. The molecule has 1 amide bonds. The molecule has 0 bridgehead atoms. The lowest BCUT2D eigenvalue weighted by Crippen LogP contribution is -2.41. The number of carboxylic acids is 1. The number of nitrogens with zero attached hydrogens (tertiary/aromatic N) is 1. The third-order valence-corrected chi connectivity index (χ3v) is 3.56. The SMILES string of the molecule is CCC(=O)CC[C@H](NC(=O)c1cnc2ccccc2c1)C(=O)O. The standard InChI is InChI=1S/C17H18N2O4/c1-2-13(20)7-8-15(17(22)23)19-16(21)12-9-11-5-3-4-6-14(11)18-10-12/h3-6,9-10,15H,2,7-8H2,1H3,(H,19,21)(H,22,23)/t15-/m0/s1. The zero-order valence-electron chi connectivity index (χ0n) is 12.8. The van der Waals surface area contributed by atoms with Gasteiger partial charge in [-0.15, -0.1) is 0 Å². The minimum Gasteiger partial charge on any atom is -0.480 e. The van der Waals surface area contributed by atoms with Gasteiger partial charge in [-0.05, 0) is 18.6 Å². The molecule has 1 aromatic heterocycles. The number of amides is 1. The van der Waals surface area contributed by atoms with Crippen molar-refractivity contribution in [3.8, 4) is 0 Å².